The lowest BCUT2D eigenvalue weighted by molar-refractivity contribution is -0.244. The standard InChI is InChI=1S/C18H19NO4/c1-21-16-10-8-14(9-11-16)17-19(12-5-13-22-17)23-18(20)15-6-3-2-4-7-15/h2-4,6-11,17H,5,12-13H2,1H3. The number of hydrogen-bond donors (Lipinski definition) is 0. The molecule has 120 valence electrons. The third-order valence-electron chi connectivity index (χ3n) is 3.67. The van der Waals surface area contributed by atoms with E-state index in [0.717, 1.165) is 17.7 Å². The van der Waals surface area contributed by atoms with Crippen LogP contribution in [0.25, 0.3) is 0 Å². The first-order valence-electron chi connectivity index (χ1n) is 7.57. The second-order valence-electron chi connectivity index (χ2n) is 5.24. The average molecular weight is 313 g/mol. The summed E-state index contributed by atoms with van der Waals surface area (Å²) >= 11 is 0. The highest BCUT2D eigenvalue weighted by Crippen LogP contribution is 2.28. The fourth-order valence-corrected chi connectivity index (χ4v) is 2.47. The number of rotatable bonds is 4. The maximum Gasteiger partial charge on any atom is 0.357 e. The molecule has 2 aromatic rings. The van der Waals surface area contributed by atoms with Gasteiger partial charge in [-0.25, -0.2) is 4.79 Å². The Labute approximate surface area is 135 Å². The maximum absolute atomic E-state index is 12.3. The summed E-state index contributed by atoms with van der Waals surface area (Å²) in [6, 6.07) is 16.5. The molecule has 0 saturated carbocycles. The molecule has 1 aliphatic heterocycles. The lowest BCUT2D eigenvalue weighted by Crippen LogP contribution is -2.38. The topological polar surface area (TPSA) is 48.0 Å². The summed E-state index contributed by atoms with van der Waals surface area (Å²) in [5.41, 5.74) is 1.44. The molecule has 3 rings (SSSR count). The smallest absolute Gasteiger partial charge is 0.357 e. The van der Waals surface area contributed by atoms with Crippen LogP contribution >= 0.6 is 0 Å². The third kappa shape index (κ3) is 3.70. The largest absolute Gasteiger partial charge is 0.497 e. The minimum atomic E-state index is -0.401. The van der Waals surface area contributed by atoms with Crippen molar-refractivity contribution in [2.45, 2.75) is 12.6 Å². The average Bonchev–Trinajstić information content (AvgIpc) is 2.63. The summed E-state index contributed by atoms with van der Waals surface area (Å²) in [7, 11) is 1.63. The zero-order valence-electron chi connectivity index (χ0n) is 13.0. The minimum absolute atomic E-state index is 0.380. The van der Waals surface area contributed by atoms with Crippen molar-refractivity contribution in [1.29, 1.82) is 0 Å². The van der Waals surface area contributed by atoms with Gasteiger partial charge in [-0.2, -0.15) is 0 Å². The van der Waals surface area contributed by atoms with E-state index in [0.29, 0.717) is 18.7 Å². The molecule has 1 saturated heterocycles. The van der Waals surface area contributed by atoms with Gasteiger partial charge in [0.05, 0.1) is 19.3 Å². The van der Waals surface area contributed by atoms with E-state index in [1.54, 1.807) is 24.3 Å². The molecule has 1 fully saturated rings. The fraction of sp³-hybridized carbons (Fsp3) is 0.278. The Morgan fingerprint density at radius 2 is 1.87 bits per heavy atom. The molecule has 23 heavy (non-hydrogen) atoms. The quantitative estimate of drug-likeness (QED) is 0.867. The van der Waals surface area contributed by atoms with E-state index in [1.807, 2.05) is 42.5 Å². The van der Waals surface area contributed by atoms with Crippen LogP contribution in [0.3, 0.4) is 0 Å². The van der Waals surface area contributed by atoms with Gasteiger partial charge in [0.1, 0.15) is 5.75 Å². The first kappa shape index (κ1) is 15.5. The van der Waals surface area contributed by atoms with Gasteiger partial charge in [-0.05, 0) is 36.2 Å². The van der Waals surface area contributed by atoms with Crippen molar-refractivity contribution in [1.82, 2.24) is 5.06 Å². The molecule has 1 aliphatic rings. The van der Waals surface area contributed by atoms with Crippen molar-refractivity contribution in [2.75, 3.05) is 20.3 Å². The van der Waals surface area contributed by atoms with Crippen LogP contribution in [0, 0.1) is 0 Å². The molecule has 5 nitrogen and oxygen atoms in total. The fourth-order valence-electron chi connectivity index (χ4n) is 2.47. The van der Waals surface area contributed by atoms with Gasteiger partial charge >= 0.3 is 5.97 Å². The Kier molecular flexibility index (Phi) is 4.90. The highest BCUT2D eigenvalue weighted by molar-refractivity contribution is 5.89. The molecule has 0 radical (unpaired) electrons. The number of carbonyl (C=O) groups excluding carboxylic acids is 1. The van der Waals surface area contributed by atoms with Gasteiger partial charge in [0.15, 0.2) is 6.23 Å². The molecule has 0 aliphatic carbocycles. The number of hydroxylamine groups is 2. The summed E-state index contributed by atoms with van der Waals surface area (Å²) in [5.74, 6) is 0.395. The second kappa shape index (κ2) is 7.26. The van der Waals surface area contributed by atoms with Crippen molar-refractivity contribution < 1.29 is 19.1 Å². The van der Waals surface area contributed by atoms with E-state index in [-0.39, 0.29) is 5.97 Å². The number of carbonyl (C=O) groups is 1. The Morgan fingerprint density at radius 1 is 1.13 bits per heavy atom. The molecule has 1 heterocycles. The number of nitrogens with zero attached hydrogens (tertiary/aromatic N) is 1. The third-order valence-corrected chi connectivity index (χ3v) is 3.67. The SMILES string of the molecule is COc1ccc(C2OCCCN2OC(=O)c2ccccc2)cc1. The van der Waals surface area contributed by atoms with Gasteiger partial charge in [-0.1, -0.05) is 30.3 Å². The highest BCUT2D eigenvalue weighted by atomic mass is 16.7. The van der Waals surface area contributed by atoms with Crippen LogP contribution in [0.1, 0.15) is 28.6 Å². The van der Waals surface area contributed by atoms with E-state index in [4.69, 9.17) is 14.3 Å². The monoisotopic (exact) mass is 313 g/mol. The first-order valence-corrected chi connectivity index (χ1v) is 7.57. The number of hydrogen-bond acceptors (Lipinski definition) is 5. The molecule has 2 aromatic carbocycles. The molecular formula is C18H19NO4. The molecule has 0 bridgehead atoms. The number of ether oxygens (including phenoxy) is 2. The van der Waals surface area contributed by atoms with Crippen LogP contribution in [-0.2, 0) is 9.57 Å². The van der Waals surface area contributed by atoms with Crippen molar-refractivity contribution in [3.63, 3.8) is 0 Å². The van der Waals surface area contributed by atoms with Gasteiger partial charge in [-0.15, -0.1) is 5.06 Å². The summed E-state index contributed by atoms with van der Waals surface area (Å²) in [6.07, 6.45) is 0.414. The van der Waals surface area contributed by atoms with E-state index >= 15 is 0 Å². The molecule has 0 N–H and O–H groups in total. The van der Waals surface area contributed by atoms with Gasteiger partial charge < -0.3 is 14.3 Å². The van der Waals surface area contributed by atoms with Crippen LogP contribution in [0.5, 0.6) is 5.75 Å². The van der Waals surface area contributed by atoms with Crippen molar-refractivity contribution >= 4 is 5.97 Å². The molecule has 0 amide bonds. The lowest BCUT2D eigenvalue weighted by atomic mass is 10.1. The van der Waals surface area contributed by atoms with E-state index in [1.165, 1.54) is 0 Å². The van der Waals surface area contributed by atoms with Crippen LogP contribution < -0.4 is 4.74 Å². The van der Waals surface area contributed by atoms with Crippen LogP contribution in [0.15, 0.2) is 54.6 Å². The number of benzene rings is 2. The lowest BCUT2D eigenvalue weighted by Gasteiger charge is -2.33. The second-order valence-corrected chi connectivity index (χ2v) is 5.24. The summed E-state index contributed by atoms with van der Waals surface area (Å²) in [5, 5.41) is 1.60. The summed E-state index contributed by atoms with van der Waals surface area (Å²) in [6.45, 7) is 1.27. The molecule has 5 heteroatoms. The van der Waals surface area contributed by atoms with E-state index < -0.39 is 6.23 Å². The van der Waals surface area contributed by atoms with E-state index in [9.17, 15) is 4.79 Å². The van der Waals surface area contributed by atoms with Crippen LogP contribution in [-0.4, -0.2) is 31.3 Å². The Balaban J connectivity index is 1.74. The minimum Gasteiger partial charge on any atom is -0.497 e. The molecule has 0 aromatic heterocycles. The van der Waals surface area contributed by atoms with Gasteiger partial charge in [0.2, 0.25) is 0 Å². The maximum atomic E-state index is 12.3. The number of methoxy groups -OCH3 is 1. The van der Waals surface area contributed by atoms with Gasteiger partial charge in [0, 0.05) is 6.54 Å². The molecule has 0 spiro atoms. The van der Waals surface area contributed by atoms with E-state index in [2.05, 4.69) is 0 Å². The van der Waals surface area contributed by atoms with Gasteiger partial charge in [0.25, 0.3) is 0 Å². The summed E-state index contributed by atoms with van der Waals surface area (Å²) in [4.78, 5) is 17.8. The Morgan fingerprint density at radius 3 is 2.57 bits per heavy atom. The molecule has 1 atom stereocenters. The van der Waals surface area contributed by atoms with Crippen LogP contribution in [0.4, 0.5) is 0 Å². The zero-order chi connectivity index (χ0) is 16.1. The first-order chi connectivity index (χ1) is 11.3. The van der Waals surface area contributed by atoms with Crippen LogP contribution in [0.2, 0.25) is 0 Å². The summed E-state index contributed by atoms with van der Waals surface area (Å²) < 4.78 is 11.0. The predicted octanol–water partition coefficient (Wildman–Crippen LogP) is 3.19. The Hall–Kier alpha value is -2.37. The zero-order valence-corrected chi connectivity index (χ0v) is 13.0. The van der Waals surface area contributed by atoms with Crippen molar-refractivity contribution in [3.8, 4) is 5.75 Å². The van der Waals surface area contributed by atoms with Crippen molar-refractivity contribution in [3.05, 3.63) is 65.7 Å². The van der Waals surface area contributed by atoms with Crippen molar-refractivity contribution in [2.24, 2.45) is 0 Å². The highest BCUT2D eigenvalue weighted by Gasteiger charge is 2.28. The molecular weight excluding hydrogens is 294 g/mol. The normalized spacial score (nSPS) is 18.4. The van der Waals surface area contributed by atoms with Gasteiger partial charge in [-0.3, -0.25) is 0 Å². The predicted molar refractivity (Wildman–Crippen MR) is 84.9 cm³/mol. The molecule has 1 unspecified atom stereocenters. The Bertz CT molecular complexity index is 642.